The lowest BCUT2D eigenvalue weighted by Gasteiger charge is -2.13. The van der Waals surface area contributed by atoms with Crippen LogP contribution in [0.1, 0.15) is 19.4 Å². The number of aliphatic hydroxyl groups excluding tert-OH is 1. The third-order valence-electron chi connectivity index (χ3n) is 4.50. The number of benzene rings is 1. The number of aromatic nitrogens is 4. The SMILES string of the molecule is CC(=O)/C(Sc1nc(-c2ccccc2C)nc2c1c(=O)n(C)c(=O)n2C)=C(\C)O. The first-order chi connectivity index (χ1) is 13.6. The van der Waals surface area contributed by atoms with Crippen LogP contribution < -0.4 is 11.2 Å². The van der Waals surface area contributed by atoms with Gasteiger partial charge < -0.3 is 5.11 Å². The quantitative estimate of drug-likeness (QED) is 0.304. The van der Waals surface area contributed by atoms with Crippen LogP contribution in [0.2, 0.25) is 0 Å². The molecule has 1 aromatic carbocycles. The Labute approximate surface area is 170 Å². The van der Waals surface area contributed by atoms with Gasteiger partial charge in [0.05, 0.1) is 4.91 Å². The van der Waals surface area contributed by atoms with E-state index in [9.17, 15) is 19.5 Å². The summed E-state index contributed by atoms with van der Waals surface area (Å²) in [5.41, 5.74) is 0.720. The van der Waals surface area contributed by atoms with Gasteiger partial charge in [0, 0.05) is 19.7 Å². The number of hydrogen-bond acceptors (Lipinski definition) is 7. The van der Waals surface area contributed by atoms with E-state index in [1.54, 1.807) is 0 Å². The number of carbonyl (C=O) groups is 1. The zero-order valence-electron chi connectivity index (χ0n) is 16.7. The maximum atomic E-state index is 12.9. The molecule has 29 heavy (non-hydrogen) atoms. The van der Waals surface area contributed by atoms with Gasteiger partial charge in [-0.05, 0) is 26.3 Å². The molecule has 2 aromatic heterocycles. The van der Waals surface area contributed by atoms with Crippen molar-refractivity contribution in [3.05, 3.63) is 61.3 Å². The van der Waals surface area contributed by atoms with Crippen LogP contribution in [0.4, 0.5) is 0 Å². The first-order valence-electron chi connectivity index (χ1n) is 8.75. The minimum absolute atomic E-state index is 0.0663. The lowest BCUT2D eigenvalue weighted by atomic mass is 10.1. The minimum Gasteiger partial charge on any atom is -0.511 e. The summed E-state index contributed by atoms with van der Waals surface area (Å²) in [4.78, 5) is 46.4. The zero-order valence-corrected chi connectivity index (χ0v) is 17.5. The molecule has 0 atom stereocenters. The van der Waals surface area contributed by atoms with Crippen molar-refractivity contribution in [3.8, 4) is 11.4 Å². The third kappa shape index (κ3) is 3.61. The van der Waals surface area contributed by atoms with E-state index in [1.807, 2.05) is 31.2 Å². The number of ketones is 1. The van der Waals surface area contributed by atoms with Crippen molar-refractivity contribution in [1.29, 1.82) is 0 Å². The summed E-state index contributed by atoms with van der Waals surface area (Å²) in [5, 5.41) is 10.2. The monoisotopic (exact) mass is 412 g/mol. The van der Waals surface area contributed by atoms with Gasteiger partial charge in [0.1, 0.15) is 16.2 Å². The first kappa shape index (κ1) is 20.5. The van der Waals surface area contributed by atoms with Crippen molar-refractivity contribution in [3.63, 3.8) is 0 Å². The summed E-state index contributed by atoms with van der Waals surface area (Å²) >= 11 is 0.887. The Balaban J connectivity index is 2.46. The molecular weight excluding hydrogens is 392 g/mol. The van der Waals surface area contributed by atoms with Crippen LogP contribution in [0.25, 0.3) is 22.4 Å². The molecule has 0 fully saturated rings. The third-order valence-corrected chi connectivity index (χ3v) is 5.78. The van der Waals surface area contributed by atoms with Crippen LogP contribution in [-0.4, -0.2) is 30.0 Å². The van der Waals surface area contributed by atoms with Gasteiger partial charge in [0.25, 0.3) is 5.56 Å². The molecule has 2 heterocycles. The van der Waals surface area contributed by atoms with Gasteiger partial charge in [0.2, 0.25) is 0 Å². The van der Waals surface area contributed by atoms with Crippen LogP contribution in [0.15, 0.2) is 49.5 Å². The normalized spacial score (nSPS) is 12.2. The summed E-state index contributed by atoms with van der Waals surface area (Å²) in [7, 11) is 2.89. The number of fused-ring (bicyclic) bond motifs is 1. The van der Waals surface area contributed by atoms with E-state index >= 15 is 0 Å². The molecule has 8 nitrogen and oxygen atoms in total. The van der Waals surface area contributed by atoms with E-state index in [4.69, 9.17) is 0 Å². The van der Waals surface area contributed by atoms with Gasteiger partial charge in [0.15, 0.2) is 17.3 Å². The zero-order chi connectivity index (χ0) is 21.5. The van der Waals surface area contributed by atoms with E-state index < -0.39 is 11.2 Å². The number of nitrogens with zero attached hydrogens (tertiary/aromatic N) is 4. The number of aliphatic hydroxyl groups is 1. The molecule has 3 aromatic rings. The fourth-order valence-corrected chi connectivity index (χ4v) is 3.84. The number of thioether (sulfide) groups is 1. The molecule has 0 saturated heterocycles. The van der Waals surface area contributed by atoms with E-state index in [-0.39, 0.29) is 32.5 Å². The van der Waals surface area contributed by atoms with Crippen LogP contribution >= 0.6 is 11.8 Å². The number of aryl methyl sites for hydroxylation is 2. The molecule has 0 spiro atoms. The first-order valence-corrected chi connectivity index (χ1v) is 9.57. The summed E-state index contributed by atoms with van der Waals surface area (Å²) in [5.74, 6) is -0.214. The predicted molar refractivity (Wildman–Crippen MR) is 112 cm³/mol. The molecular formula is C20H20N4O4S. The largest absolute Gasteiger partial charge is 0.511 e. The smallest absolute Gasteiger partial charge is 0.332 e. The number of hydrogen-bond donors (Lipinski definition) is 1. The molecule has 0 saturated carbocycles. The predicted octanol–water partition coefficient (Wildman–Crippen LogP) is 2.47. The summed E-state index contributed by atoms with van der Waals surface area (Å²) in [6, 6.07) is 7.46. The van der Waals surface area contributed by atoms with Crippen molar-refractivity contribution < 1.29 is 9.90 Å². The molecule has 0 aliphatic heterocycles. The summed E-state index contributed by atoms with van der Waals surface area (Å²) < 4.78 is 2.24. The van der Waals surface area contributed by atoms with Gasteiger partial charge in [-0.3, -0.25) is 18.7 Å². The summed E-state index contributed by atoms with van der Waals surface area (Å²) in [6.45, 7) is 4.61. The van der Waals surface area contributed by atoms with Gasteiger partial charge in [-0.15, -0.1) is 0 Å². The molecule has 0 aliphatic rings. The van der Waals surface area contributed by atoms with E-state index in [1.165, 1.54) is 32.5 Å². The Bertz CT molecular complexity index is 1300. The summed E-state index contributed by atoms with van der Waals surface area (Å²) in [6.07, 6.45) is 0. The van der Waals surface area contributed by atoms with E-state index in [0.29, 0.717) is 5.82 Å². The Morgan fingerprint density at radius 2 is 1.72 bits per heavy atom. The van der Waals surface area contributed by atoms with Gasteiger partial charge in [-0.25, -0.2) is 14.8 Å². The molecule has 0 bridgehead atoms. The van der Waals surface area contributed by atoms with Gasteiger partial charge >= 0.3 is 5.69 Å². The molecule has 0 aliphatic carbocycles. The highest BCUT2D eigenvalue weighted by Gasteiger charge is 2.21. The van der Waals surface area contributed by atoms with E-state index in [0.717, 1.165) is 27.5 Å². The standard InChI is InChI=1S/C20H20N4O4S/c1-10-8-6-7-9-13(10)16-21-17-14(19(27)24(5)20(28)23(17)4)18(22-16)29-15(11(2)25)12(3)26/h6-9,25H,1-5H3/b15-11-. The molecule has 3 rings (SSSR count). The number of Topliss-reactive ketones (excluding diaryl/α,β-unsaturated/α-hetero) is 1. The van der Waals surface area contributed by atoms with Crippen molar-refractivity contribution in [2.45, 2.75) is 25.8 Å². The number of allylic oxidation sites excluding steroid dienone is 2. The highest BCUT2D eigenvalue weighted by Crippen LogP contribution is 2.33. The average Bonchev–Trinajstić information content (AvgIpc) is 2.68. The van der Waals surface area contributed by atoms with Gasteiger partial charge in [-0.2, -0.15) is 0 Å². The second-order valence-electron chi connectivity index (χ2n) is 6.64. The van der Waals surface area contributed by atoms with Crippen molar-refractivity contribution >= 4 is 28.6 Å². The molecule has 0 radical (unpaired) electrons. The second-order valence-corrected chi connectivity index (χ2v) is 7.64. The minimum atomic E-state index is -0.569. The van der Waals surface area contributed by atoms with Crippen molar-refractivity contribution in [1.82, 2.24) is 19.1 Å². The lowest BCUT2D eigenvalue weighted by Crippen LogP contribution is -2.37. The van der Waals surface area contributed by atoms with Crippen LogP contribution in [0, 0.1) is 6.92 Å². The highest BCUT2D eigenvalue weighted by atomic mass is 32.2. The van der Waals surface area contributed by atoms with Crippen LogP contribution in [0.5, 0.6) is 0 Å². The Hall–Kier alpha value is -3.20. The molecule has 150 valence electrons. The maximum Gasteiger partial charge on any atom is 0.332 e. The van der Waals surface area contributed by atoms with E-state index in [2.05, 4.69) is 9.97 Å². The molecule has 0 unspecified atom stereocenters. The Morgan fingerprint density at radius 3 is 2.31 bits per heavy atom. The fourth-order valence-electron chi connectivity index (χ4n) is 2.94. The molecule has 9 heteroatoms. The Morgan fingerprint density at radius 1 is 1.07 bits per heavy atom. The second kappa shape index (κ2) is 7.67. The number of rotatable bonds is 4. The van der Waals surface area contributed by atoms with Crippen LogP contribution in [0.3, 0.4) is 0 Å². The lowest BCUT2D eigenvalue weighted by molar-refractivity contribution is -0.113. The van der Waals surface area contributed by atoms with Gasteiger partial charge in [-0.1, -0.05) is 36.0 Å². The topological polar surface area (TPSA) is 107 Å². The van der Waals surface area contributed by atoms with Crippen molar-refractivity contribution in [2.24, 2.45) is 14.1 Å². The number of carbonyl (C=O) groups excluding carboxylic acids is 1. The Kier molecular flexibility index (Phi) is 5.43. The molecule has 1 N–H and O–H groups in total. The van der Waals surface area contributed by atoms with Crippen molar-refractivity contribution in [2.75, 3.05) is 0 Å². The fraction of sp³-hybridized carbons (Fsp3) is 0.250. The molecule has 0 amide bonds. The van der Waals surface area contributed by atoms with Crippen LogP contribution in [-0.2, 0) is 18.9 Å². The average molecular weight is 412 g/mol. The highest BCUT2D eigenvalue weighted by molar-refractivity contribution is 8.04. The maximum absolute atomic E-state index is 12.9.